The van der Waals surface area contributed by atoms with Gasteiger partial charge in [0.15, 0.2) is 0 Å². The van der Waals surface area contributed by atoms with Crippen LogP contribution in [-0.2, 0) is 0 Å². The molecule has 0 atom stereocenters. The van der Waals surface area contributed by atoms with Gasteiger partial charge in [0, 0.05) is 21.9 Å². The lowest BCUT2D eigenvalue weighted by Crippen LogP contribution is -2.03. The van der Waals surface area contributed by atoms with Crippen molar-refractivity contribution in [3.63, 3.8) is 0 Å². The van der Waals surface area contributed by atoms with Crippen molar-refractivity contribution in [1.82, 2.24) is 14.5 Å². The van der Waals surface area contributed by atoms with E-state index in [0.29, 0.717) is 5.95 Å². The van der Waals surface area contributed by atoms with Crippen molar-refractivity contribution < 1.29 is 0 Å². The minimum atomic E-state index is 0.657. The predicted octanol–water partition coefficient (Wildman–Crippen LogP) is 12.0. The summed E-state index contributed by atoms with van der Waals surface area (Å²) in [5, 5.41) is 9.89. The second-order valence-electron chi connectivity index (χ2n) is 12.6. The molecule has 2 aromatic heterocycles. The van der Waals surface area contributed by atoms with Crippen LogP contribution in [-0.4, -0.2) is 14.5 Å². The number of rotatable bonds is 4. The Hall–Kier alpha value is -6.58. The standard InChI is InChI=1S/C46H29N3/c1-3-13-30(14-4-1)41-29-42(31-15-5-2-6-16-31)48-46(47-41)49-43-22-12-11-21-39(43)45-36-25-23-34(27-33(36)24-26-44(45)49)40-28-32-17-7-8-18-35(32)37-19-9-10-20-38(37)40/h1-29H. The number of nitrogens with zero attached hydrogens (tertiary/aromatic N) is 3. The van der Waals surface area contributed by atoms with Crippen molar-refractivity contribution in [2.24, 2.45) is 0 Å². The van der Waals surface area contributed by atoms with E-state index < -0.39 is 0 Å². The predicted molar refractivity (Wildman–Crippen MR) is 205 cm³/mol. The van der Waals surface area contributed by atoms with Crippen LogP contribution in [0.2, 0.25) is 0 Å². The van der Waals surface area contributed by atoms with E-state index in [1.165, 1.54) is 54.2 Å². The number of fused-ring (bicyclic) bond motifs is 8. The van der Waals surface area contributed by atoms with Gasteiger partial charge in [0.05, 0.1) is 22.4 Å². The lowest BCUT2D eigenvalue weighted by Gasteiger charge is -2.13. The van der Waals surface area contributed by atoms with Crippen molar-refractivity contribution >= 4 is 54.1 Å². The van der Waals surface area contributed by atoms with E-state index in [1.807, 2.05) is 12.1 Å². The topological polar surface area (TPSA) is 30.7 Å². The van der Waals surface area contributed by atoms with E-state index in [-0.39, 0.29) is 0 Å². The Kier molecular flexibility index (Phi) is 6.18. The Bertz CT molecular complexity index is 2810. The Morgan fingerprint density at radius 2 is 0.939 bits per heavy atom. The smallest absolute Gasteiger partial charge is 0.235 e. The van der Waals surface area contributed by atoms with Gasteiger partial charge in [-0.25, -0.2) is 9.97 Å². The van der Waals surface area contributed by atoms with Gasteiger partial charge in [-0.05, 0) is 73.8 Å². The third-order valence-electron chi connectivity index (χ3n) is 9.79. The maximum atomic E-state index is 5.21. The molecule has 0 unspecified atom stereocenters. The van der Waals surface area contributed by atoms with Crippen molar-refractivity contribution in [2.45, 2.75) is 0 Å². The Morgan fingerprint density at radius 3 is 1.67 bits per heavy atom. The molecule has 0 fully saturated rings. The molecule has 3 nitrogen and oxygen atoms in total. The minimum Gasteiger partial charge on any atom is -0.278 e. The van der Waals surface area contributed by atoms with Crippen LogP contribution < -0.4 is 0 Å². The third kappa shape index (κ3) is 4.44. The summed E-state index contributed by atoms with van der Waals surface area (Å²) in [5.41, 5.74) is 8.53. The average molecular weight is 624 g/mol. The van der Waals surface area contributed by atoms with E-state index in [9.17, 15) is 0 Å². The van der Waals surface area contributed by atoms with Crippen molar-refractivity contribution in [1.29, 1.82) is 0 Å². The van der Waals surface area contributed by atoms with Crippen molar-refractivity contribution in [3.05, 3.63) is 176 Å². The largest absolute Gasteiger partial charge is 0.278 e. The molecule has 0 amide bonds. The molecule has 3 heteroatoms. The normalized spacial score (nSPS) is 11.7. The highest BCUT2D eigenvalue weighted by Crippen LogP contribution is 2.40. The number of para-hydroxylation sites is 1. The molecule has 0 saturated heterocycles. The maximum absolute atomic E-state index is 5.21. The second kappa shape index (κ2) is 11.0. The molecule has 0 radical (unpaired) electrons. The fourth-order valence-electron chi connectivity index (χ4n) is 7.52. The van der Waals surface area contributed by atoms with E-state index in [2.05, 4.69) is 168 Å². The fraction of sp³-hybridized carbons (Fsp3) is 0. The van der Waals surface area contributed by atoms with Gasteiger partial charge in [-0.2, -0.15) is 0 Å². The van der Waals surface area contributed by atoms with Gasteiger partial charge >= 0.3 is 0 Å². The monoisotopic (exact) mass is 623 g/mol. The van der Waals surface area contributed by atoms with Gasteiger partial charge in [-0.3, -0.25) is 4.57 Å². The van der Waals surface area contributed by atoms with Crippen LogP contribution in [0.15, 0.2) is 176 Å². The first-order chi connectivity index (χ1) is 24.3. The number of hydrogen-bond acceptors (Lipinski definition) is 2. The molecule has 10 aromatic rings. The summed E-state index contributed by atoms with van der Waals surface area (Å²) in [5.74, 6) is 0.657. The first kappa shape index (κ1) is 27.5. The average Bonchev–Trinajstić information content (AvgIpc) is 3.53. The van der Waals surface area contributed by atoms with Gasteiger partial charge in [0.2, 0.25) is 5.95 Å². The molecule has 0 saturated carbocycles. The summed E-state index contributed by atoms with van der Waals surface area (Å²) in [4.78, 5) is 10.4. The summed E-state index contributed by atoms with van der Waals surface area (Å²) in [6.07, 6.45) is 0. The molecule has 0 aliphatic rings. The highest BCUT2D eigenvalue weighted by Gasteiger charge is 2.19. The first-order valence-corrected chi connectivity index (χ1v) is 16.7. The molecule has 0 aliphatic carbocycles. The van der Waals surface area contributed by atoms with Crippen LogP contribution in [0, 0.1) is 0 Å². The number of hydrogen-bond donors (Lipinski definition) is 0. The molecular formula is C46H29N3. The number of aromatic nitrogens is 3. The molecule has 8 aromatic carbocycles. The van der Waals surface area contributed by atoms with Gasteiger partial charge in [0.25, 0.3) is 0 Å². The second-order valence-corrected chi connectivity index (χ2v) is 12.6. The Morgan fingerprint density at radius 1 is 0.347 bits per heavy atom. The molecule has 228 valence electrons. The van der Waals surface area contributed by atoms with Crippen LogP contribution >= 0.6 is 0 Å². The summed E-state index contributed by atoms with van der Waals surface area (Å²) in [6.45, 7) is 0. The summed E-state index contributed by atoms with van der Waals surface area (Å²) >= 11 is 0. The molecule has 0 bridgehead atoms. The van der Waals surface area contributed by atoms with Crippen LogP contribution in [0.3, 0.4) is 0 Å². The lowest BCUT2D eigenvalue weighted by molar-refractivity contribution is 0.996. The van der Waals surface area contributed by atoms with Crippen LogP contribution in [0.4, 0.5) is 0 Å². The van der Waals surface area contributed by atoms with Crippen LogP contribution in [0.1, 0.15) is 0 Å². The zero-order valence-corrected chi connectivity index (χ0v) is 26.6. The van der Waals surface area contributed by atoms with Gasteiger partial charge < -0.3 is 0 Å². The van der Waals surface area contributed by atoms with Crippen LogP contribution in [0.25, 0.3) is 93.7 Å². The quantitative estimate of drug-likeness (QED) is 0.183. The van der Waals surface area contributed by atoms with Gasteiger partial charge in [-0.15, -0.1) is 0 Å². The lowest BCUT2D eigenvalue weighted by atomic mass is 9.92. The zero-order chi connectivity index (χ0) is 32.3. The molecule has 0 spiro atoms. The molecule has 49 heavy (non-hydrogen) atoms. The van der Waals surface area contributed by atoms with Crippen LogP contribution in [0.5, 0.6) is 0 Å². The zero-order valence-electron chi connectivity index (χ0n) is 26.6. The van der Waals surface area contributed by atoms with Crippen molar-refractivity contribution in [2.75, 3.05) is 0 Å². The highest BCUT2D eigenvalue weighted by molar-refractivity contribution is 6.22. The Balaban J connectivity index is 1.22. The van der Waals surface area contributed by atoms with Gasteiger partial charge in [-0.1, -0.05) is 146 Å². The SMILES string of the molecule is c1ccc(-c2cc(-c3ccccc3)nc(-n3c4ccccc4c4c5ccc(-c6cc7ccccc7c7ccccc67)cc5ccc43)n2)cc1. The molecule has 0 aliphatic heterocycles. The molecule has 10 rings (SSSR count). The summed E-state index contributed by atoms with van der Waals surface area (Å²) in [6, 6.07) is 62.6. The molecular weight excluding hydrogens is 595 g/mol. The van der Waals surface area contributed by atoms with E-state index in [0.717, 1.165) is 33.5 Å². The number of benzene rings is 8. The summed E-state index contributed by atoms with van der Waals surface area (Å²) < 4.78 is 2.23. The maximum Gasteiger partial charge on any atom is 0.235 e. The van der Waals surface area contributed by atoms with E-state index in [1.54, 1.807) is 0 Å². The highest BCUT2D eigenvalue weighted by atomic mass is 15.2. The van der Waals surface area contributed by atoms with Crippen molar-refractivity contribution in [3.8, 4) is 39.6 Å². The fourth-order valence-corrected chi connectivity index (χ4v) is 7.52. The minimum absolute atomic E-state index is 0.657. The van der Waals surface area contributed by atoms with E-state index >= 15 is 0 Å². The van der Waals surface area contributed by atoms with E-state index in [4.69, 9.17) is 9.97 Å². The molecule has 0 N–H and O–H groups in total. The molecule has 2 heterocycles. The first-order valence-electron chi connectivity index (χ1n) is 16.7. The third-order valence-corrected chi connectivity index (χ3v) is 9.79. The summed E-state index contributed by atoms with van der Waals surface area (Å²) in [7, 11) is 0. The Labute approximate surface area is 283 Å². The van der Waals surface area contributed by atoms with Gasteiger partial charge in [0.1, 0.15) is 0 Å².